The van der Waals surface area contributed by atoms with Crippen LogP contribution in [0.15, 0.2) is 36.4 Å². The number of benzene rings is 2. The first-order valence-corrected chi connectivity index (χ1v) is 21.2. The molecule has 1 aromatic heterocycles. The van der Waals surface area contributed by atoms with Gasteiger partial charge in [-0.1, -0.05) is 18.2 Å². The van der Waals surface area contributed by atoms with Crippen LogP contribution in [0.4, 0.5) is 32.0 Å². The molecule has 2 aromatic carbocycles. The molecule has 0 spiro atoms. The Morgan fingerprint density at radius 2 is 1.74 bits per heavy atom. The Morgan fingerprint density at radius 1 is 1.02 bits per heavy atom. The number of nitrogens with zero attached hydrogens (tertiary/aromatic N) is 7. The number of halogens is 6. The number of para-hydroxylation sites is 1. The van der Waals surface area contributed by atoms with Crippen LogP contribution in [-0.2, 0) is 38.8 Å². The molecule has 0 radical (unpaired) electrons. The largest absolute Gasteiger partial charge is 0.417 e. The summed E-state index contributed by atoms with van der Waals surface area (Å²) in [5.41, 5.74) is -1.20. The lowest BCUT2D eigenvalue weighted by Crippen LogP contribution is -2.60. The number of Topliss-reactive ketones (excluding diaryl/α,β-unsaturated/α-hetero) is 1. The maximum Gasteiger partial charge on any atom is 0.417 e. The van der Waals surface area contributed by atoms with Crippen LogP contribution in [0.1, 0.15) is 93.5 Å². The predicted octanol–water partition coefficient (Wildman–Crippen LogP) is 6.40. The van der Waals surface area contributed by atoms with Crippen LogP contribution in [0.25, 0.3) is 10.9 Å². The van der Waals surface area contributed by atoms with Gasteiger partial charge in [-0.3, -0.25) is 39.0 Å². The Morgan fingerprint density at radius 3 is 2.40 bits per heavy atom. The number of thiocarbonyl (C=S) groups is 1. The smallest absolute Gasteiger partial charge is 0.331 e. The van der Waals surface area contributed by atoms with Gasteiger partial charge in [-0.25, -0.2) is 0 Å². The molecule has 1 N–H and O–H groups in total. The number of rotatable bonds is 11. The molecule has 3 aromatic rings. The minimum absolute atomic E-state index is 0.0575. The number of imide groups is 1. The van der Waals surface area contributed by atoms with E-state index in [2.05, 4.69) is 10.4 Å². The van der Waals surface area contributed by atoms with Crippen LogP contribution in [0.5, 0.6) is 0 Å². The fourth-order valence-corrected chi connectivity index (χ4v) is 10.4. The molecule has 1 aliphatic carbocycles. The van der Waals surface area contributed by atoms with Crippen molar-refractivity contribution in [2.75, 3.05) is 37.6 Å². The van der Waals surface area contributed by atoms with Gasteiger partial charge in [0.1, 0.15) is 11.6 Å². The molecular formula is C43H48F6N8O4S. The van der Waals surface area contributed by atoms with Crippen LogP contribution < -0.4 is 10.2 Å². The number of piperazine rings is 1. The SMILES string of the molecule is Cn1nc(C2CCC(=O)NC2=O)c2cccc(CC(=O)CN3CCN(CCCC4CCC(N5C(=S)N(c6ccc(C#N)c(C(F)(F)F)c6)C(=O)C5(C)C)CC4)C[C@@H]3C(F)(F)F)c21. The average Bonchev–Trinajstić information content (AvgIpc) is 3.63. The second-order valence-corrected chi connectivity index (χ2v) is 17.7. The number of ketones is 1. The van der Waals surface area contributed by atoms with Gasteiger partial charge in [0, 0.05) is 51.0 Å². The van der Waals surface area contributed by atoms with Gasteiger partial charge in [-0.2, -0.15) is 36.7 Å². The quantitative estimate of drug-likeness (QED) is 0.131. The van der Waals surface area contributed by atoms with Gasteiger partial charge in [0.25, 0.3) is 5.91 Å². The lowest BCUT2D eigenvalue weighted by Gasteiger charge is -2.42. The third-order valence-electron chi connectivity index (χ3n) is 12.9. The predicted molar refractivity (Wildman–Crippen MR) is 220 cm³/mol. The highest BCUT2D eigenvalue weighted by Gasteiger charge is 2.53. The Bertz CT molecular complexity index is 2310. The van der Waals surface area contributed by atoms with Gasteiger partial charge < -0.3 is 9.80 Å². The van der Waals surface area contributed by atoms with E-state index in [-0.39, 0.29) is 61.0 Å². The molecule has 0 bridgehead atoms. The van der Waals surface area contributed by atoms with Gasteiger partial charge >= 0.3 is 12.4 Å². The first-order chi connectivity index (χ1) is 29.2. The van der Waals surface area contributed by atoms with E-state index in [0.29, 0.717) is 66.9 Å². The Labute approximate surface area is 360 Å². The monoisotopic (exact) mass is 886 g/mol. The number of aromatic nitrogens is 2. The summed E-state index contributed by atoms with van der Waals surface area (Å²) in [6, 6.07) is 7.95. The van der Waals surface area contributed by atoms with Crippen LogP contribution in [0.2, 0.25) is 0 Å². The zero-order chi connectivity index (χ0) is 44.9. The number of carbonyl (C=O) groups excluding carboxylic acids is 4. The molecule has 4 fully saturated rings. The molecule has 4 aliphatic rings. The number of hydrogen-bond donors (Lipinski definition) is 1. The van der Waals surface area contributed by atoms with Gasteiger partial charge in [-0.05, 0) is 107 Å². The topological polar surface area (TPSA) is 135 Å². The second kappa shape index (κ2) is 17.3. The van der Waals surface area contributed by atoms with Gasteiger partial charge in [0.2, 0.25) is 11.8 Å². The van der Waals surface area contributed by atoms with Crippen molar-refractivity contribution in [2.24, 2.45) is 13.0 Å². The van der Waals surface area contributed by atoms with Crippen LogP contribution >= 0.6 is 12.2 Å². The molecule has 62 heavy (non-hydrogen) atoms. The van der Waals surface area contributed by atoms with E-state index in [4.69, 9.17) is 12.2 Å². The Hall–Kier alpha value is -4.93. The third kappa shape index (κ3) is 8.96. The minimum atomic E-state index is -4.80. The highest BCUT2D eigenvalue weighted by atomic mass is 32.1. The fourth-order valence-electron chi connectivity index (χ4n) is 9.82. The molecule has 3 saturated heterocycles. The standard InChI is InChI=1S/C43H48F6N8O4S/c1-41(2)39(61)56(29-14-11-27(22-50)33(21-29)42(44,45)46)40(62)57(41)28-12-9-25(10-13-28)6-5-17-54-18-19-55(34(24-54)43(47,48)49)23-30(58)20-26-7-4-8-31-36(52-53(3)37(26)31)32-15-16-35(59)51-38(32)60/h4,7-8,11,14,21,25,28,32,34H,5-6,9-10,12-13,15-20,23-24H2,1-3H3,(H,51,59,60)/t25?,28?,32?,34-/m1/s1. The number of nitrogens with one attached hydrogen (secondary N) is 1. The molecule has 3 aliphatic heterocycles. The number of carbonyl (C=O) groups is 4. The summed E-state index contributed by atoms with van der Waals surface area (Å²) in [6.45, 7) is 3.65. The summed E-state index contributed by atoms with van der Waals surface area (Å²) in [6.07, 6.45) is -4.61. The number of amides is 3. The summed E-state index contributed by atoms with van der Waals surface area (Å²) in [5.74, 6) is -1.97. The third-order valence-corrected chi connectivity index (χ3v) is 13.3. The molecule has 1 unspecified atom stereocenters. The normalized spacial score (nSPS) is 24.2. The van der Waals surface area contributed by atoms with E-state index in [0.717, 1.165) is 36.3 Å². The van der Waals surface area contributed by atoms with Crippen molar-refractivity contribution in [3.63, 3.8) is 0 Å². The van der Waals surface area contributed by atoms with E-state index >= 15 is 0 Å². The summed E-state index contributed by atoms with van der Waals surface area (Å²) < 4.78 is 86.3. The lowest BCUT2D eigenvalue weighted by molar-refractivity contribution is -0.197. The lowest BCUT2D eigenvalue weighted by atomic mass is 9.82. The second-order valence-electron chi connectivity index (χ2n) is 17.4. The van der Waals surface area contributed by atoms with Gasteiger partial charge in [-0.15, -0.1) is 0 Å². The Kier molecular flexibility index (Phi) is 12.6. The van der Waals surface area contributed by atoms with E-state index in [1.807, 2.05) is 4.90 Å². The molecule has 332 valence electrons. The Balaban J connectivity index is 0.910. The van der Waals surface area contributed by atoms with Crippen molar-refractivity contribution in [3.8, 4) is 6.07 Å². The first-order valence-electron chi connectivity index (χ1n) is 20.8. The molecular weight excluding hydrogens is 839 g/mol. The zero-order valence-electron chi connectivity index (χ0n) is 34.6. The molecule has 4 heterocycles. The van der Waals surface area contributed by atoms with E-state index in [1.165, 1.54) is 11.0 Å². The van der Waals surface area contributed by atoms with Crippen LogP contribution in [-0.4, -0.2) is 110 Å². The fraction of sp³-hybridized carbons (Fsp3) is 0.558. The van der Waals surface area contributed by atoms with Crippen molar-refractivity contribution in [1.29, 1.82) is 5.26 Å². The van der Waals surface area contributed by atoms with Crippen LogP contribution in [0.3, 0.4) is 0 Å². The maximum atomic E-state index is 14.5. The first kappa shape index (κ1) is 45.1. The number of alkyl halides is 6. The minimum Gasteiger partial charge on any atom is -0.331 e. The number of piperidine rings is 1. The van der Waals surface area contributed by atoms with Gasteiger partial charge in [0.05, 0.1) is 46.6 Å². The van der Waals surface area contributed by atoms with E-state index < -0.39 is 52.8 Å². The number of nitriles is 1. The number of anilines is 1. The van der Waals surface area contributed by atoms with Crippen molar-refractivity contribution in [2.45, 2.75) is 108 Å². The number of aryl methyl sites for hydroxylation is 1. The number of hydrogen-bond acceptors (Lipinski definition) is 9. The summed E-state index contributed by atoms with van der Waals surface area (Å²) in [4.78, 5) is 57.3. The summed E-state index contributed by atoms with van der Waals surface area (Å²) in [7, 11) is 1.68. The highest BCUT2D eigenvalue weighted by molar-refractivity contribution is 7.80. The maximum absolute atomic E-state index is 14.5. The van der Waals surface area contributed by atoms with Crippen molar-refractivity contribution in [3.05, 3.63) is 58.8 Å². The number of fused-ring (bicyclic) bond motifs is 1. The van der Waals surface area contributed by atoms with Gasteiger partial charge in [0.15, 0.2) is 10.9 Å². The zero-order valence-corrected chi connectivity index (χ0v) is 35.4. The molecule has 2 atom stereocenters. The highest BCUT2D eigenvalue weighted by Crippen LogP contribution is 2.42. The molecule has 1 saturated carbocycles. The van der Waals surface area contributed by atoms with Crippen molar-refractivity contribution < 1.29 is 45.5 Å². The summed E-state index contributed by atoms with van der Waals surface area (Å²) >= 11 is 5.72. The van der Waals surface area contributed by atoms with Crippen LogP contribution in [0, 0.1) is 17.2 Å². The molecule has 12 nitrogen and oxygen atoms in total. The van der Waals surface area contributed by atoms with E-state index in [9.17, 15) is 50.8 Å². The van der Waals surface area contributed by atoms with Crippen molar-refractivity contribution in [1.82, 2.24) is 29.8 Å². The molecule has 3 amide bonds. The van der Waals surface area contributed by atoms with Crippen molar-refractivity contribution >= 4 is 57.4 Å². The molecule has 19 heteroatoms. The van der Waals surface area contributed by atoms with E-state index in [1.54, 1.807) is 54.7 Å². The summed E-state index contributed by atoms with van der Waals surface area (Å²) in [5, 5.41) is 16.9. The average molecular weight is 887 g/mol. The molecule has 7 rings (SSSR count).